The highest BCUT2D eigenvalue weighted by atomic mass is 19.4. The molecule has 0 rings (SSSR count). The Morgan fingerprint density at radius 3 is 2.50 bits per heavy atom. The molecule has 0 saturated carbocycles. The van der Waals surface area contributed by atoms with Crippen molar-refractivity contribution in [1.29, 1.82) is 5.26 Å². The summed E-state index contributed by atoms with van der Waals surface area (Å²) in [7, 11) is 1.41. The van der Waals surface area contributed by atoms with Crippen LogP contribution in [0.15, 0.2) is 0 Å². The zero-order chi connectivity index (χ0) is 12.6. The molecular weight excluding hydrogens is 225 g/mol. The third kappa shape index (κ3) is 5.90. The van der Waals surface area contributed by atoms with Crippen LogP contribution in [0.1, 0.15) is 6.42 Å². The number of nitrogens with one attached hydrogen (secondary N) is 1. The second-order valence-corrected chi connectivity index (χ2v) is 3.30. The van der Waals surface area contributed by atoms with Crippen LogP contribution in [0.5, 0.6) is 0 Å². The van der Waals surface area contributed by atoms with E-state index in [-0.39, 0.29) is 25.7 Å². The van der Waals surface area contributed by atoms with E-state index in [1.54, 1.807) is 0 Å². The summed E-state index contributed by atoms with van der Waals surface area (Å²) in [6, 6.07) is 0.809. The number of aliphatic hydroxyl groups excluding tert-OH is 1. The van der Waals surface area contributed by atoms with E-state index in [1.807, 2.05) is 0 Å². The van der Waals surface area contributed by atoms with Crippen LogP contribution < -0.4 is 5.32 Å². The Hall–Kier alpha value is -0.840. The Balaban J connectivity index is 4.12. The van der Waals surface area contributed by atoms with Crippen molar-refractivity contribution >= 4 is 0 Å². The molecule has 0 spiro atoms. The van der Waals surface area contributed by atoms with Gasteiger partial charge in [-0.15, -0.1) is 0 Å². The molecule has 0 aromatic heterocycles. The first-order chi connectivity index (χ1) is 7.45. The molecule has 2 N–H and O–H groups in total. The monoisotopic (exact) mass is 240 g/mol. The molecule has 0 aliphatic carbocycles. The molecule has 2 unspecified atom stereocenters. The lowest BCUT2D eigenvalue weighted by atomic mass is 10.1. The van der Waals surface area contributed by atoms with Crippen LogP contribution in [0.25, 0.3) is 0 Å². The summed E-state index contributed by atoms with van der Waals surface area (Å²) in [5.74, 6) is -2.04. The highest BCUT2D eigenvalue weighted by Gasteiger charge is 2.39. The number of rotatable bonds is 7. The van der Waals surface area contributed by atoms with Crippen LogP contribution in [-0.4, -0.2) is 44.2 Å². The second kappa shape index (κ2) is 7.44. The minimum atomic E-state index is -4.53. The van der Waals surface area contributed by atoms with Gasteiger partial charge >= 0.3 is 6.18 Å². The van der Waals surface area contributed by atoms with E-state index in [9.17, 15) is 13.2 Å². The maximum atomic E-state index is 12.2. The minimum absolute atomic E-state index is 0.149. The van der Waals surface area contributed by atoms with Gasteiger partial charge in [-0.1, -0.05) is 0 Å². The van der Waals surface area contributed by atoms with Gasteiger partial charge < -0.3 is 15.2 Å². The fourth-order valence-corrected chi connectivity index (χ4v) is 1.12. The minimum Gasteiger partial charge on any atom is -0.396 e. The molecule has 2 atom stereocenters. The summed E-state index contributed by atoms with van der Waals surface area (Å²) in [5.41, 5.74) is 0. The van der Waals surface area contributed by atoms with Crippen LogP contribution in [-0.2, 0) is 4.74 Å². The van der Waals surface area contributed by atoms with Crippen LogP contribution in [0.2, 0.25) is 0 Å². The van der Waals surface area contributed by atoms with Gasteiger partial charge in [0.15, 0.2) is 5.92 Å². The van der Waals surface area contributed by atoms with Crippen molar-refractivity contribution in [2.45, 2.75) is 18.6 Å². The molecule has 0 aromatic carbocycles. The number of methoxy groups -OCH3 is 1. The average Bonchev–Trinajstić information content (AvgIpc) is 2.17. The zero-order valence-electron chi connectivity index (χ0n) is 8.92. The van der Waals surface area contributed by atoms with Crippen molar-refractivity contribution in [3.8, 4) is 6.07 Å². The molecule has 94 valence electrons. The van der Waals surface area contributed by atoms with E-state index in [0.29, 0.717) is 0 Å². The van der Waals surface area contributed by atoms with Crippen molar-refractivity contribution in [1.82, 2.24) is 5.32 Å². The number of nitrogens with zero attached hydrogens (tertiary/aromatic N) is 1. The smallest absolute Gasteiger partial charge is 0.396 e. The van der Waals surface area contributed by atoms with E-state index in [2.05, 4.69) is 5.32 Å². The fraction of sp³-hybridized carbons (Fsp3) is 0.889. The first-order valence-electron chi connectivity index (χ1n) is 4.75. The Morgan fingerprint density at radius 1 is 1.50 bits per heavy atom. The SMILES string of the molecule is COCC(CCO)NCC(C#N)C(F)(F)F. The van der Waals surface area contributed by atoms with Crippen molar-refractivity contribution in [2.75, 3.05) is 26.9 Å². The molecule has 0 heterocycles. The highest BCUT2D eigenvalue weighted by Crippen LogP contribution is 2.24. The number of alkyl halides is 3. The quantitative estimate of drug-likeness (QED) is 0.686. The molecule has 0 aliphatic rings. The third-order valence-electron chi connectivity index (χ3n) is 2.01. The standard InChI is InChI=1S/C9H15F3N2O2/c1-16-6-8(2-3-15)14-5-7(4-13)9(10,11)12/h7-8,14-15H,2-3,5-6H2,1H3. The third-order valence-corrected chi connectivity index (χ3v) is 2.01. The summed E-state index contributed by atoms with van der Waals surface area (Å²) >= 11 is 0. The highest BCUT2D eigenvalue weighted by molar-refractivity contribution is 4.90. The lowest BCUT2D eigenvalue weighted by Gasteiger charge is -2.20. The summed E-state index contributed by atoms with van der Waals surface area (Å²) in [6.07, 6.45) is -4.25. The lowest BCUT2D eigenvalue weighted by Crippen LogP contribution is -2.40. The Kier molecular flexibility index (Phi) is 7.05. The van der Waals surface area contributed by atoms with E-state index >= 15 is 0 Å². The predicted molar refractivity (Wildman–Crippen MR) is 50.5 cm³/mol. The van der Waals surface area contributed by atoms with Crippen molar-refractivity contribution in [3.63, 3.8) is 0 Å². The number of nitriles is 1. The molecule has 0 amide bonds. The number of hydrogen-bond donors (Lipinski definition) is 2. The van der Waals surface area contributed by atoms with Crippen molar-refractivity contribution in [2.24, 2.45) is 5.92 Å². The van der Waals surface area contributed by atoms with Gasteiger partial charge in [-0.3, -0.25) is 0 Å². The van der Waals surface area contributed by atoms with Gasteiger partial charge in [0.25, 0.3) is 0 Å². The van der Waals surface area contributed by atoms with E-state index < -0.39 is 18.6 Å². The first kappa shape index (κ1) is 15.2. The van der Waals surface area contributed by atoms with E-state index in [1.165, 1.54) is 13.2 Å². The van der Waals surface area contributed by atoms with E-state index in [0.717, 1.165) is 0 Å². The van der Waals surface area contributed by atoms with Gasteiger partial charge in [0.1, 0.15) is 0 Å². The number of halogens is 3. The topological polar surface area (TPSA) is 65.3 Å². The van der Waals surface area contributed by atoms with Gasteiger partial charge in [0.05, 0.1) is 12.7 Å². The average molecular weight is 240 g/mol. The summed E-state index contributed by atoms with van der Waals surface area (Å²) in [4.78, 5) is 0. The van der Waals surface area contributed by atoms with Gasteiger partial charge in [-0.25, -0.2) is 0 Å². The van der Waals surface area contributed by atoms with Crippen LogP contribution >= 0.6 is 0 Å². The maximum absolute atomic E-state index is 12.2. The lowest BCUT2D eigenvalue weighted by molar-refractivity contribution is -0.158. The zero-order valence-corrected chi connectivity index (χ0v) is 8.92. The molecule has 7 heteroatoms. The summed E-state index contributed by atoms with van der Waals surface area (Å²) in [5, 5.41) is 19.6. The number of hydrogen-bond acceptors (Lipinski definition) is 4. The Labute approximate surface area is 92.0 Å². The van der Waals surface area contributed by atoms with Crippen LogP contribution in [0, 0.1) is 17.2 Å². The predicted octanol–water partition coefficient (Wildman–Crippen LogP) is 0.675. The molecule has 0 fully saturated rings. The molecule has 0 aromatic rings. The fourth-order valence-electron chi connectivity index (χ4n) is 1.12. The maximum Gasteiger partial charge on any atom is 0.405 e. The Morgan fingerprint density at radius 2 is 2.12 bits per heavy atom. The van der Waals surface area contributed by atoms with Gasteiger partial charge in [0.2, 0.25) is 0 Å². The molecule has 4 nitrogen and oxygen atoms in total. The van der Waals surface area contributed by atoms with Crippen molar-refractivity contribution < 1.29 is 23.0 Å². The molecule has 0 aliphatic heterocycles. The Bertz CT molecular complexity index is 222. The molecular formula is C9H15F3N2O2. The number of ether oxygens (including phenoxy) is 1. The van der Waals surface area contributed by atoms with Crippen LogP contribution in [0.4, 0.5) is 13.2 Å². The van der Waals surface area contributed by atoms with Gasteiger partial charge in [0, 0.05) is 26.3 Å². The summed E-state index contributed by atoms with van der Waals surface area (Å²) < 4.78 is 41.4. The number of aliphatic hydroxyl groups is 1. The second-order valence-electron chi connectivity index (χ2n) is 3.30. The largest absolute Gasteiger partial charge is 0.405 e. The van der Waals surface area contributed by atoms with E-state index in [4.69, 9.17) is 15.1 Å². The van der Waals surface area contributed by atoms with Crippen molar-refractivity contribution in [3.05, 3.63) is 0 Å². The molecule has 0 bridgehead atoms. The molecule has 16 heavy (non-hydrogen) atoms. The first-order valence-corrected chi connectivity index (χ1v) is 4.75. The molecule has 0 saturated heterocycles. The van der Waals surface area contributed by atoms with Gasteiger partial charge in [-0.05, 0) is 6.42 Å². The van der Waals surface area contributed by atoms with Gasteiger partial charge in [-0.2, -0.15) is 18.4 Å². The molecule has 0 radical (unpaired) electrons. The normalized spacial score (nSPS) is 15.5. The van der Waals surface area contributed by atoms with Crippen LogP contribution in [0.3, 0.4) is 0 Å². The summed E-state index contributed by atoms with van der Waals surface area (Å²) in [6.45, 7) is -0.450.